The van der Waals surface area contributed by atoms with Crippen molar-refractivity contribution in [2.45, 2.75) is 17.8 Å². The molecule has 0 fully saturated rings. The van der Waals surface area contributed by atoms with Gasteiger partial charge in [0.15, 0.2) is 11.0 Å². The number of aromatic nitrogens is 4. The number of nitro groups is 1. The van der Waals surface area contributed by atoms with Crippen LogP contribution < -0.4 is 0 Å². The van der Waals surface area contributed by atoms with Crippen LogP contribution in [0.25, 0.3) is 17.1 Å². The van der Waals surface area contributed by atoms with E-state index in [1.165, 1.54) is 17.8 Å². The van der Waals surface area contributed by atoms with Gasteiger partial charge in [0.25, 0.3) is 5.69 Å². The van der Waals surface area contributed by atoms with E-state index in [9.17, 15) is 10.1 Å². The van der Waals surface area contributed by atoms with Gasteiger partial charge >= 0.3 is 0 Å². The number of benzene rings is 2. The second-order valence-electron chi connectivity index (χ2n) is 6.44. The molecule has 4 aromatic rings. The molecule has 0 unspecified atom stereocenters. The van der Waals surface area contributed by atoms with Crippen LogP contribution in [0.5, 0.6) is 0 Å². The lowest BCUT2D eigenvalue weighted by molar-refractivity contribution is -0.385. The van der Waals surface area contributed by atoms with Gasteiger partial charge in [0.2, 0.25) is 0 Å². The third-order valence-corrected chi connectivity index (χ3v) is 5.98. The number of para-hydroxylation sites is 1. The molecule has 7 nitrogen and oxygen atoms in total. The molecule has 0 bridgehead atoms. The van der Waals surface area contributed by atoms with Crippen LogP contribution in [-0.4, -0.2) is 24.7 Å². The highest BCUT2D eigenvalue weighted by molar-refractivity contribution is 7.98. The summed E-state index contributed by atoms with van der Waals surface area (Å²) in [7, 11) is 0. The van der Waals surface area contributed by atoms with E-state index >= 15 is 0 Å². The maximum Gasteiger partial charge on any atom is 0.273 e. The summed E-state index contributed by atoms with van der Waals surface area (Å²) in [5, 5.41) is 21.3. The molecule has 0 spiro atoms. The number of hydrogen-bond donors (Lipinski definition) is 0. The Labute approximate surface area is 181 Å². The van der Waals surface area contributed by atoms with E-state index in [0.717, 1.165) is 16.8 Å². The number of pyridine rings is 1. The first-order chi connectivity index (χ1) is 14.6. The summed E-state index contributed by atoms with van der Waals surface area (Å²) in [6, 6.07) is 16.1. The minimum atomic E-state index is -0.371. The molecule has 30 heavy (non-hydrogen) atoms. The predicted octanol–water partition coefficient (Wildman–Crippen LogP) is 5.49. The van der Waals surface area contributed by atoms with Crippen molar-refractivity contribution in [2.24, 2.45) is 0 Å². The van der Waals surface area contributed by atoms with Gasteiger partial charge in [-0.25, -0.2) is 0 Å². The van der Waals surface area contributed by atoms with Gasteiger partial charge in [-0.05, 0) is 36.8 Å². The van der Waals surface area contributed by atoms with Crippen molar-refractivity contribution >= 4 is 29.1 Å². The first-order valence-corrected chi connectivity index (χ1v) is 10.4. The summed E-state index contributed by atoms with van der Waals surface area (Å²) < 4.78 is 1.93. The number of halogens is 1. The van der Waals surface area contributed by atoms with Gasteiger partial charge in [0.05, 0.1) is 10.6 Å². The van der Waals surface area contributed by atoms with Crippen LogP contribution in [0, 0.1) is 17.0 Å². The molecule has 0 aliphatic carbocycles. The average Bonchev–Trinajstić information content (AvgIpc) is 3.18. The molecule has 0 atom stereocenters. The lowest BCUT2D eigenvalue weighted by Gasteiger charge is -2.14. The third kappa shape index (κ3) is 3.92. The van der Waals surface area contributed by atoms with Crippen LogP contribution in [-0.2, 0) is 5.75 Å². The summed E-state index contributed by atoms with van der Waals surface area (Å²) in [6.07, 6.45) is 3.39. The van der Waals surface area contributed by atoms with Crippen LogP contribution in [0.1, 0.15) is 11.1 Å². The molecule has 0 aliphatic heterocycles. The van der Waals surface area contributed by atoms with E-state index in [1.54, 1.807) is 30.6 Å². The standard InChI is InChI=1S/C21H16ClN5O2S/c1-14-17(22)6-4-8-18(14)26-20(15-9-11-23-12-10-15)24-25-21(26)30-13-16-5-2-3-7-19(16)27(28)29/h2-12H,13H2,1H3. The van der Waals surface area contributed by atoms with E-state index in [2.05, 4.69) is 15.2 Å². The summed E-state index contributed by atoms with van der Waals surface area (Å²) in [5.41, 5.74) is 3.31. The van der Waals surface area contributed by atoms with Crippen molar-refractivity contribution < 1.29 is 4.92 Å². The monoisotopic (exact) mass is 437 g/mol. The Morgan fingerprint density at radius 2 is 1.83 bits per heavy atom. The van der Waals surface area contributed by atoms with Crippen molar-refractivity contribution in [3.63, 3.8) is 0 Å². The molecule has 0 saturated heterocycles. The fraction of sp³-hybridized carbons (Fsp3) is 0.0952. The van der Waals surface area contributed by atoms with Crippen molar-refractivity contribution in [2.75, 3.05) is 0 Å². The summed E-state index contributed by atoms with van der Waals surface area (Å²) in [5.74, 6) is 1.03. The Balaban J connectivity index is 1.79. The number of nitro benzene ring substituents is 1. The molecule has 150 valence electrons. The molecule has 0 amide bonds. The van der Waals surface area contributed by atoms with Gasteiger partial charge < -0.3 is 0 Å². The smallest absolute Gasteiger partial charge is 0.270 e. The van der Waals surface area contributed by atoms with Crippen molar-refractivity contribution in [3.8, 4) is 17.1 Å². The normalized spacial score (nSPS) is 10.9. The largest absolute Gasteiger partial charge is 0.273 e. The van der Waals surface area contributed by atoms with Crippen molar-refractivity contribution in [1.82, 2.24) is 19.7 Å². The van der Waals surface area contributed by atoms with E-state index in [1.807, 2.05) is 41.8 Å². The van der Waals surface area contributed by atoms with Crippen LogP contribution in [0.2, 0.25) is 5.02 Å². The van der Waals surface area contributed by atoms with Gasteiger partial charge in [-0.1, -0.05) is 47.6 Å². The van der Waals surface area contributed by atoms with Gasteiger partial charge in [-0.2, -0.15) is 0 Å². The lowest BCUT2D eigenvalue weighted by Crippen LogP contribution is -2.03. The molecule has 4 rings (SSSR count). The van der Waals surface area contributed by atoms with Gasteiger partial charge in [0, 0.05) is 40.4 Å². The highest BCUT2D eigenvalue weighted by Gasteiger charge is 2.20. The van der Waals surface area contributed by atoms with Gasteiger partial charge in [-0.15, -0.1) is 10.2 Å². The maximum atomic E-state index is 11.3. The number of hydrogen-bond acceptors (Lipinski definition) is 6. The first-order valence-electron chi connectivity index (χ1n) is 9.02. The van der Waals surface area contributed by atoms with Gasteiger partial charge in [-0.3, -0.25) is 19.7 Å². The van der Waals surface area contributed by atoms with E-state index in [-0.39, 0.29) is 10.6 Å². The Morgan fingerprint density at radius 3 is 2.60 bits per heavy atom. The molecule has 0 saturated carbocycles. The highest BCUT2D eigenvalue weighted by atomic mass is 35.5. The number of rotatable bonds is 6. The van der Waals surface area contributed by atoms with E-state index in [0.29, 0.717) is 27.3 Å². The van der Waals surface area contributed by atoms with Crippen LogP contribution in [0.4, 0.5) is 5.69 Å². The SMILES string of the molecule is Cc1c(Cl)cccc1-n1c(SCc2ccccc2[N+](=O)[O-])nnc1-c1ccncc1. The molecule has 0 radical (unpaired) electrons. The first kappa shape index (κ1) is 20.1. The van der Waals surface area contributed by atoms with Crippen LogP contribution >= 0.6 is 23.4 Å². The van der Waals surface area contributed by atoms with E-state index in [4.69, 9.17) is 11.6 Å². The summed E-state index contributed by atoms with van der Waals surface area (Å²) >= 11 is 7.75. The number of thioether (sulfide) groups is 1. The van der Waals surface area contributed by atoms with Gasteiger partial charge in [0.1, 0.15) is 0 Å². The quantitative estimate of drug-likeness (QED) is 0.225. The van der Waals surface area contributed by atoms with Crippen LogP contribution in [0.3, 0.4) is 0 Å². The zero-order chi connectivity index (χ0) is 21.1. The Bertz CT molecular complexity index is 1210. The second kappa shape index (κ2) is 8.64. The Kier molecular flexibility index (Phi) is 5.78. The van der Waals surface area contributed by atoms with Crippen LogP contribution in [0.15, 0.2) is 72.1 Å². The molecule has 0 aliphatic rings. The third-order valence-electron chi connectivity index (χ3n) is 4.60. The maximum absolute atomic E-state index is 11.3. The topological polar surface area (TPSA) is 86.7 Å². The van der Waals surface area contributed by atoms with Crippen molar-refractivity contribution in [3.05, 3.63) is 93.3 Å². The molecular weight excluding hydrogens is 422 g/mol. The minimum Gasteiger partial charge on any atom is -0.270 e. The van der Waals surface area contributed by atoms with E-state index < -0.39 is 0 Å². The Hall–Kier alpha value is -3.23. The fourth-order valence-electron chi connectivity index (χ4n) is 3.06. The Morgan fingerprint density at radius 1 is 1.07 bits per heavy atom. The summed E-state index contributed by atoms with van der Waals surface area (Å²) in [4.78, 5) is 15.0. The molecule has 0 N–H and O–H groups in total. The number of nitrogens with zero attached hydrogens (tertiary/aromatic N) is 5. The fourth-order valence-corrected chi connectivity index (χ4v) is 4.17. The second-order valence-corrected chi connectivity index (χ2v) is 7.79. The molecule has 2 aromatic heterocycles. The lowest BCUT2D eigenvalue weighted by atomic mass is 10.2. The van der Waals surface area contributed by atoms with Crippen molar-refractivity contribution in [1.29, 1.82) is 0 Å². The highest BCUT2D eigenvalue weighted by Crippen LogP contribution is 2.33. The predicted molar refractivity (Wildman–Crippen MR) is 117 cm³/mol. The summed E-state index contributed by atoms with van der Waals surface area (Å²) in [6.45, 7) is 1.94. The molecule has 9 heteroatoms. The molecular formula is C21H16ClN5O2S. The minimum absolute atomic E-state index is 0.0874. The zero-order valence-corrected chi connectivity index (χ0v) is 17.5. The molecule has 2 heterocycles. The zero-order valence-electron chi connectivity index (χ0n) is 15.9. The molecule has 2 aromatic carbocycles. The average molecular weight is 438 g/mol.